The van der Waals surface area contributed by atoms with Gasteiger partial charge < -0.3 is 19.9 Å². The Hall–Kier alpha value is -3.39. The summed E-state index contributed by atoms with van der Waals surface area (Å²) >= 11 is 12.0. The first kappa shape index (κ1) is 24.3. The fraction of sp³-hybridized carbons (Fsp3) is 0.143. The van der Waals surface area contributed by atoms with Gasteiger partial charge in [0.25, 0.3) is 10.0 Å². The van der Waals surface area contributed by atoms with Crippen LogP contribution in [-0.2, 0) is 10.0 Å². The molecule has 0 saturated carbocycles. The largest absolute Gasteiger partial charge is 0.493 e. The topological polar surface area (TPSA) is 137 Å². The van der Waals surface area contributed by atoms with Crippen LogP contribution in [0.5, 0.6) is 17.2 Å². The number of benzene rings is 2. The number of anilines is 2. The maximum atomic E-state index is 12.9. The lowest BCUT2D eigenvalue weighted by Gasteiger charge is -2.16. The number of hydrogen-bond donors (Lipinski definition) is 2. The van der Waals surface area contributed by atoms with Crippen LogP contribution in [0, 0.1) is 11.3 Å². The first-order chi connectivity index (χ1) is 15.6. The fourth-order valence-corrected chi connectivity index (χ4v) is 4.83. The van der Waals surface area contributed by atoms with Crippen LogP contribution in [0.25, 0.3) is 11.1 Å². The number of hydrogen-bond acceptors (Lipinski definition) is 8. The normalized spacial score (nSPS) is 10.9. The summed E-state index contributed by atoms with van der Waals surface area (Å²) < 4.78 is 44.2. The van der Waals surface area contributed by atoms with Gasteiger partial charge in [-0.05, 0) is 42.0 Å². The second-order valence-corrected chi connectivity index (χ2v) is 9.02. The van der Waals surface area contributed by atoms with E-state index >= 15 is 0 Å². The van der Waals surface area contributed by atoms with Crippen molar-refractivity contribution in [2.75, 3.05) is 31.8 Å². The third-order valence-corrected chi connectivity index (χ3v) is 6.63. The number of ether oxygens (including phenoxy) is 3. The standard InChI is InChI=1S/C21H18Cl2N4O5S/c1-30-16-6-11(7-17(31-2)20(16)32-3)13-9-19(26-21(25)14(13)10-24)27-33(28,29)18-8-12(22)4-5-15(18)23/h4-9H,1-3H3,(H3,25,26,27). The molecule has 1 heterocycles. The van der Waals surface area contributed by atoms with Crippen LogP contribution in [0.2, 0.25) is 10.0 Å². The summed E-state index contributed by atoms with van der Waals surface area (Å²) in [5.74, 6) is 0.698. The molecule has 1 aromatic heterocycles. The van der Waals surface area contributed by atoms with Crippen LogP contribution >= 0.6 is 23.2 Å². The molecule has 0 atom stereocenters. The molecule has 12 heteroatoms. The van der Waals surface area contributed by atoms with Crippen LogP contribution in [-0.4, -0.2) is 34.7 Å². The summed E-state index contributed by atoms with van der Waals surface area (Å²) in [6, 6.07) is 10.6. The first-order valence-corrected chi connectivity index (χ1v) is 11.4. The molecular weight excluding hydrogens is 491 g/mol. The Morgan fingerprint density at radius 1 is 1.03 bits per heavy atom. The number of sulfonamides is 1. The Labute approximate surface area is 200 Å². The molecule has 0 aliphatic rings. The molecule has 33 heavy (non-hydrogen) atoms. The monoisotopic (exact) mass is 508 g/mol. The number of nitrogen functional groups attached to an aromatic ring is 1. The molecule has 0 bridgehead atoms. The maximum Gasteiger partial charge on any atom is 0.264 e. The number of nitrogens with one attached hydrogen (secondary N) is 1. The van der Waals surface area contributed by atoms with Gasteiger partial charge in [-0.1, -0.05) is 23.2 Å². The van der Waals surface area contributed by atoms with E-state index in [1.807, 2.05) is 6.07 Å². The highest BCUT2D eigenvalue weighted by atomic mass is 35.5. The van der Waals surface area contributed by atoms with E-state index in [0.29, 0.717) is 28.4 Å². The number of rotatable bonds is 7. The zero-order valence-electron chi connectivity index (χ0n) is 17.6. The van der Waals surface area contributed by atoms with E-state index < -0.39 is 10.0 Å². The van der Waals surface area contributed by atoms with Crippen molar-refractivity contribution in [1.29, 1.82) is 5.26 Å². The molecule has 3 aromatic rings. The van der Waals surface area contributed by atoms with Crippen LogP contribution in [0.3, 0.4) is 0 Å². The van der Waals surface area contributed by atoms with E-state index in [2.05, 4.69) is 9.71 Å². The zero-order valence-corrected chi connectivity index (χ0v) is 20.0. The third kappa shape index (κ3) is 4.85. The van der Waals surface area contributed by atoms with Crippen molar-refractivity contribution < 1.29 is 22.6 Å². The van der Waals surface area contributed by atoms with Gasteiger partial charge in [-0.2, -0.15) is 5.26 Å². The van der Waals surface area contributed by atoms with Gasteiger partial charge in [0.05, 0.1) is 26.4 Å². The van der Waals surface area contributed by atoms with E-state index in [1.54, 1.807) is 12.1 Å². The second kappa shape index (κ2) is 9.62. The molecule has 0 aliphatic heterocycles. The number of aromatic nitrogens is 1. The molecule has 3 N–H and O–H groups in total. The lowest BCUT2D eigenvalue weighted by atomic mass is 10.00. The van der Waals surface area contributed by atoms with Gasteiger partial charge in [0.1, 0.15) is 28.2 Å². The van der Waals surface area contributed by atoms with Gasteiger partial charge in [0.15, 0.2) is 11.5 Å². The van der Waals surface area contributed by atoms with E-state index in [0.717, 1.165) is 0 Å². The van der Waals surface area contributed by atoms with Gasteiger partial charge in [0.2, 0.25) is 5.75 Å². The molecule has 0 unspecified atom stereocenters. The van der Waals surface area contributed by atoms with Crippen LogP contribution < -0.4 is 24.7 Å². The molecular formula is C21H18Cl2N4O5S. The quantitative estimate of drug-likeness (QED) is 0.480. The molecule has 0 saturated heterocycles. The van der Waals surface area contributed by atoms with Crippen LogP contribution in [0.4, 0.5) is 11.6 Å². The van der Waals surface area contributed by atoms with Crippen molar-refractivity contribution in [2.24, 2.45) is 0 Å². The van der Waals surface area contributed by atoms with Crippen LogP contribution in [0.1, 0.15) is 5.56 Å². The smallest absolute Gasteiger partial charge is 0.264 e. The SMILES string of the molecule is COc1cc(-c2cc(NS(=O)(=O)c3cc(Cl)ccc3Cl)nc(N)c2C#N)cc(OC)c1OC. The highest BCUT2D eigenvalue weighted by Gasteiger charge is 2.22. The summed E-state index contributed by atoms with van der Waals surface area (Å²) in [7, 11) is 0.174. The summed E-state index contributed by atoms with van der Waals surface area (Å²) in [6.45, 7) is 0. The Kier molecular flexibility index (Phi) is 7.07. The van der Waals surface area contributed by atoms with Crippen molar-refractivity contribution in [3.63, 3.8) is 0 Å². The third-order valence-electron chi connectivity index (χ3n) is 4.56. The highest BCUT2D eigenvalue weighted by molar-refractivity contribution is 7.92. The number of nitrogens with two attached hydrogens (primary N) is 1. The Morgan fingerprint density at radius 3 is 2.21 bits per heavy atom. The zero-order chi connectivity index (χ0) is 24.3. The lowest BCUT2D eigenvalue weighted by molar-refractivity contribution is 0.324. The van der Waals surface area contributed by atoms with Gasteiger partial charge in [-0.15, -0.1) is 0 Å². The summed E-state index contributed by atoms with van der Waals surface area (Å²) in [5, 5.41) is 9.81. The summed E-state index contributed by atoms with van der Waals surface area (Å²) in [5.41, 5.74) is 6.76. The van der Waals surface area contributed by atoms with Gasteiger partial charge >= 0.3 is 0 Å². The fourth-order valence-electron chi connectivity index (χ4n) is 3.07. The minimum absolute atomic E-state index is 0.0293. The Bertz CT molecular complexity index is 1350. The lowest BCUT2D eigenvalue weighted by Crippen LogP contribution is -2.15. The highest BCUT2D eigenvalue weighted by Crippen LogP contribution is 2.42. The van der Waals surface area contributed by atoms with Crippen molar-refractivity contribution in [2.45, 2.75) is 4.90 Å². The van der Waals surface area contributed by atoms with E-state index in [1.165, 1.54) is 45.6 Å². The summed E-state index contributed by atoms with van der Waals surface area (Å²) in [4.78, 5) is 3.77. The molecule has 0 fully saturated rings. The van der Waals surface area contributed by atoms with Crippen molar-refractivity contribution in [3.05, 3.63) is 52.0 Å². The second-order valence-electron chi connectivity index (χ2n) is 6.52. The number of methoxy groups -OCH3 is 3. The molecule has 0 amide bonds. The minimum atomic E-state index is -4.17. The average Bonchev–Trinajstić information content (AvgIpc) is 2.78. The van der Waals surface area contributed by atoms with Crippen molar-refractivity contribution >= 4 is 44.9 Å². The Morgan fingerprint density at radius 2 is 1.67 bits per heavy atom. The minimum Gasteiger partial charge on any atom is -0.493 e. The number of pyridine rings is 1. The first-order valence-electron chi connectivity index (χ1n) is 9.14. The van der Waals surface area contributed by atoms with Crippen molar-refractivity contribution in [1.82, 2.24) is 4.98 Å². The van der Waals surface area contributed by atoms with E-state index in [9.17, 15) is 13.7 Å². The number of nitriles is 1. The molecule has 9 nitrogen and oxygen atoms in total. The number of halogens is 2. The molecule has 0 spiro atoms. The van der Waals surface area contributed by atoms with Crippen LogP contribution in [0.15, 0.2) is 41.3 Å². The van der Waals surface area contributed by atoms with Gasteiger partial charge in [-0.25, -0.2) is 13.4 Å². The van der Waals surface area contributed by atoms with Crippen molar-refractivity contribution in [3.8, 4) is 34.4 Å². The molecule has 0 radical (unpaired) electrons. The molecule has 0 aliphatic carbocycles. The predicted molar refractivity (Wildman–Crippen MR) is 126 cm³/mol. The summed E-state index contributed by atoms with van der Waals surface area (Å²) in [6.07, 6.45) is 0. The number of nitrogens with zero attached hydrogens (tertiary/aromatic N) is 2. The van der Waals surface area contributed by atoms with E-state index in [-0.39, 0.29) is 32.1 Å². The predicted octanol–water partition coefficient (Wildman–Crippen LogP) is 4.34. The average molecular weight is 509 g/mol. The molecule has 2 aromatic carbocycles. The molecule has 172 valence electrons. The molecule has 3 rings (SSSR count). The van der Waals surface area contributed by atoms with Gasteiger partial charge in [-0.3, -0.25) is 4.72 Å². The van der Waals surface area contributed by atoms with E-state index in [4.69, 9.17) is 43.1 Å². The maximum absolute atomic E-state index is 12.9. The van der Waals surface area contributed by atoms with Gasteiger partial charge in [0, 0.05) is 10.6 Å². The Balaban J connectivity index is 2.18.